The van der Waals surface area contributed by atoms with Gasteiger partial charge >= 0.3 is 0 Å². The fraction of sp³-hybridized carbons (Fsp3) is 0.357. The van der Waals surface area contributed by atoms with Crippen LogP contribution < -0.4 is 4.74 Å². The average Bonchev–Trinajstić information content (AvgIpc) is 3.46. The van der Waals surface area contributed by atoms with E-state index in [4.69, 9.17) is 14.7 Å². The van der Waals surface area contributed by atoms with E-state index < -0.39 is 0 Å². The zero-order chi connectivity index (χ0) is 25.5. The van der Waals surface area contributed by atoms with Crippen molar-refractivity contribution in [3.8, 4) is 28.7 Å². The second-order valence-corrected chi connectivity index (χ2v) is 9.95. The molecule has 9 nitrogen and oxygen atoms in total. The first-order chi connectivity index (χ1) is 18.0. The van der Waals surface area contributed by atoms with Gasteiger partial charge in [-0.3, -0.25) is 0 Å². The number of hydrogen-bond acceptors (Lipinski definition) is 7. The summed E-state index contributed by atoms with van der Waals surface area (Å²) in [5.74, 6) is 2.46. The summed E-state index contributed by atoms with van der Waals surface area (Å²) in [7, 11) is 1.62. The van der Waals surface area contributed by atoms with Crippen LogP contribution in [0, 0.1) is 6.92 Å². The van der Waals surface area contributed by atoms with Gasteiger partial charge in [-0.25, -0.2) is 29.6 Å². The van der Waals surface area contributed by atoms with E-state index in [9.17, 15) is 0 Å². The molecule has 0 bridgehead atoms. The molecule has 9 heteroatoms. The smallest absolute Gasteiger partial charge is 0.227 e. The van der Waals surface area contributed by atoms with Gasteiger partial charge < -0.3 is 9.30 Å². The molecule has 0 unspecified atom stereocenters. The number of aryl methyl sites for hydroxylation is 1. The molecule has 188 valence electrons. The molecule has 1 aliphatic carbocycles. The van der Waals surface area contributed by atoms with Crippen molar-refractivity contribution >= 4 is 11.0 Å². The van der Waals surface area contributed by atoms with Gasteiger partial charge in [-0.1, -0.05) is 30.7 Å². The zero-order valence-electron chi connectivity index (χ0n) is 21.6. The van der Waals surface area contributed by atoms with E-state index in [1.807, 2.05) is 17.8 Å². The summed E-state index contributed by atoms with van der Waals surface area (Å²) in [5.41, 5.74) is 5.76. The zero-order valence-corrected chi connectivity index (χ0v) is 21.6. The summed E-state index contributed by atoms with van der Waals surface area (Å²) in [6.07, 6.45) is 10.7. The second kappa shape index (κ2) is 9.38. The number of nitrogens with zero attached hydrogens (tertiary/aromatic N) is 8. The predicted molar refractivity (Wildman–Crippen MR) is 141 cm³/mol. The molecule has 0 atom stereocenters. The third-order valence-corrected chi connectivity index (χ3v) is 7.08. The number of aromatic nitrogens is 8. The van der Waals surface area contributed by atoms with Gasteiger partial charge in [-0.05, 0) is 39.2 Å². The maximum absolute atomic E-state index is 5.59. The molecule has 0 amide bonds. The van der Waals surface area contributed by atoms with Gasteiger partial charge in [0.05, 0.1) is 36.6 Å². The number of imidazole rings is 1. The van der Waals surface area contributed by atoms with Crippen LogP contribution in [-0.4, -0.2) is 46.4 Å². The molecule has 0 N–H and O–H groups in total. The van der Waals surface area contributed by atoms with Gasteiger partial charge in [0, 0.05) is 29.9 Å². The normalized spacial score (nSPS) is 13.9. The maximum Gasteiger partial charge on any atom is 0.227 e. The van der Waals surface area contributed by atoms with Gasteiger partial charge in [0.2, 0.25) is 5.88 Å². The first-order valence-corrected chi connectivity index (χ1v) is 12.7. The van der Waals surface area contributed by atoms with E-state index in [0.717, 1.165) is 57.8 Å². The van der Waals surface area contributed by atoms with E-state index >= 15 is 0 Å². The van der Waals surface area contributed by atoms with Gasteiger partial charge in [0.25, 0.3) is 0 Å². The molecule has 0 saturated heterocycles. The summed E-state index contributed by atoms with van der Waals surface area (Å²) in [5, 5.41) is 5.49. The molecule has 1 fully saturated rings. The molecule has 6 rings (SSSR count). The van der Waals surface area contributed by atoms with Crippen molar-refractivity contribution in [3.05, 3.63) is 66.1 Å². The highest BCUT2D eigenvalue weighted by Crippen LogP contribution is 2.41. The molecule has 1 aromatic carbocycles. The molecule has 4 heterocycles. The third-order valence-electron chi connectivity index (χ3n) is 7.08. The highest BCUT2D eigenvalue weighted by Gasteiger charge is 2.28. The second-order valence-electron chi connectivity index (χ2n) is 9.95. The van der Waals surface area contributed by atoms with Gasteiger partial charge in [0.1, 0.15) is 17.7 Å². The van der Waals surface area contributed by atoms with E-state index in [2.05, 4.69) is 68.9 Å². The summed E-state index contributed by atoms with van der Waals surface area (Å²) >= 11 is 0. The van der Waals surface area contributed by atoms with Crippen LogP contribution in [0.3, 0.4) is 0 Å². The standard InChI is InChI=1S/C28H30N8O/c1-17(2)35-14-18(3)33-26(35)21-10-8-19(9-11-21)15-36-27-22(13-32-36)12-29-25(34-27)23-24(20-6-5-7-20)30-16-31-28(23)37-4/h8-14,16-17,20H,5-7,15H2,1-4H3. The fourth-order valence-electron chi connectivity index (χ4n) is 4.90. The summed E-state index contributed by atoms with van der Waals surface area (Å²) in [4.78, 5) is 23.2. The van der Waals surface area contributed by atoms with Crippen molar-refractivity contribution in [1.29, 1.82) is 0 Å². The Balaban J connectivity index is 1.33. The third kappa shape index (κ3) is 4.24. The van der Waals surface area contributed by atoms with Gasteiger partial charge in [-0.2, -0.15) is 5.10 Å². The van der Waals surface area contributed by atoms with E-state index in [1.54, 1.807) is 19.6 Å². The van der Waals surface area contributed by atoms with Crippen LogP contribution in [-0.2, 0) is 6.54 Å². The molecule has 1 saturated carbocycles. The Morgan fingerprint density at radius 2 is 1.84 bits per heavy atom. The number of benzene rings is 1. The minimum atomic E-state index is 0.346. The van der Waals surface area contributed by atoms with Crippen LogP contribution in [0.25, 0.3) is 33.8 Å². The summed E-state index contributed by atoms with van der Waals surface area (Å²) < 4.78 is 9.71. The number of fused-ring (bicyclic) bond motifs is 1. The van der Waals surface area contributed by atoms with Crippen LogP contribution in [0.15, 0.2) is 49.2 Å². The SMILES string of the molecule is COc1ncnc(C2CCC2)c1-c1ncc2cnn(Cc3ccc(-c4nc(C)cn4C(C)C)cc3)c2n1. The van der Waals surface area contributed by atoms with Crippen molar-refractivity contribution in [2.45, 2.75) is 58.5 Å². The molecule has 0 spiro atoms. The highest BCUT2D eigenvalue weighted by atomic mass is 16.5. The Bertz CT molecular complexity index is 1560. The van der Waals surface area contributed by atoms with E-state index in [-0.39, 0.29) is 0 Å². The van der Waals surface area contributed by atoms with Crippen LogP contribution in [0.5, 0.6) is 5.88 Å². The molecule has 37 heavy (non-hydrogen) atoms. The number of hydrogen-bond donors (Lipinski definition) is 0. The topological polar surface area (TPSA) is 96.4 Å². The molecule has 0 aliphatic heterocycles. The fourth-order valence-corrected chi connectivity index (χ4v) is 4.90. The number of ether oxygens (including phenoxy) is 1. The largest absolute Gasteiger partial charge is 0.480 e. The highest BCUT2D eigenvalue weighted by molar-refractivity contribution is 5.77. The predicted octanol–water partition coefficient (Wildman–Crippen LogP) is 5.36. The minimum absolute atomic E-state index is 0.346. The number of methoxy groups -OCH3 is 1. The van der Waals surface area contributed by atoms with Gasteiger partial charge in [0.15, 0.2) is 11.5 Å². The van der Waals surface area contributed by atoms with E-state index in [1.165, 1.54) is 6.42 Å². The van der Waals surface area contributed by atoms with Gasteiger partial charge in [-0.15, -0.1) is 0 Å². The van der Waals surface area contributed by atoms with Crippen LogP contribution in [0.1, 0.15) is 62.0 Å². The van der Waals surface area contributed by atoms with Crippen molar-refractivity contribution in [2.75, 3.05) is 7.11 Å². The van der Waals surface area contributed by atoms with Crippen LogP contribution in [0.2, 0.25) is 0 Å². The van der Waals surface area contributed by atoms with Crippen molar-refractivity contribution in [1.82, 2.24) is 39.3 Å². The average molecular weight is 495 g/mol. The lowest BCUT2D eigenvalue weighted by atomic mass is 9.81. The lowest BCUT2D eigenvalue weighted by molar-refractivity contribution is 0.386. The molecular formula is C28H30N8O. The summed E-state index contributed by atoms with van der Waals surface area (Å²) in [6.45, 7) is 6.96. The van der Waals surface area contributed by atoms with Crippen molar-refractivity contribution in [2.24, 2.45) is 0 Å². The van der Waals surface area contributed by atoms with E-state index in [0.29, 0.717) is 30.2 Å². The monoisotopic (exact) mass is 494 g/mol. The number of rotatable bonds is 7. The Morgan fingerprint density at radius 1 is 1.03 bits per heavy atom. The molecule has 5 aromatic rings. The maximum atomic E-state index is 5.59. The molecule has 1 aliphatic rings. The Kier molecular flexibility index (Phi) is 5.90. The minimum Gasteiger partial charge on any atom is -0.480 e. The molecule has 0 radical (unpaired) electrons. The van der Waals surface area contributed by atoms with Crippen LogP contribution in [0.4, 0.5) is 0 Å². The first-order valence-electron chi connectivity index (χ1n) is 12.7. The lowest BCUT2D eigenvalue weighted by Gasteiger charge is -2.26. The Labute approximate surface area is 215 Å². The Hall–Kier alpha value is -4.14. The Morgan fingerprint density at radius 3 is 2.54 bits per heavy atom. The molecular weight excluding hydrogens is 464 g/mol. The van der Waals surface area contributed by atoms with Crippen molar-refractivity contribution < 1.29 is 4.74 Å². The van der Waals surface area contributed by atoms with Crippen LogP contribution >= 0.6 is 0 Å². The first kappa shape index (κ1) is 23.3. The summed E-state index contributed by atoms with van der Waals surface area (Å²) in [6, 6.07) is 8.85. The lowest BCUT2D eigenvalue weighted by Crippen LogP contribution is -2.14. The van der Waals surface area contributed by atoms with Crippen molar-refractivity contribution in [3.63, 3.8) is 0 Å². The quantitative estimate of drug-likeness (QED) is 0.300. The molecule has 4 aromatic heterocycles.